The third-order valence-corrected chi connectivity index (χ3v) is 3.71. The second-order valence-corrected chi connectivity index (χ2v) is 5.58. The van der Waals surface area contributed by atoms with Gasteiger partial charge in [0, 0.05) is 13.1 Å². The molecule has 1 heterocycles. The number of hydrogen-bond donors (Lipinski definition) is 3. The molecule has 0 bridgehead atoms. The first-order valence-electron chi connectivity index (χ1n) is 7.46. The molecule has 0 saturated carbocycles. The predicted octanol–water partition coefficient (Wildman–Crippen LogP) is 0.911. The van der Waals surface area contributed by atoms with Gasteiger partial charge in [0.2, 0.25) is 5.91 Å². The average Bonchev–Trinajstić information content (AvgIpc) is 2.46. The number of aryl methyl sites for hydroxylation is 2. The summed E-state index contributed by atoms with van der Waals surface area (Å²) in [6.45, 7) is 5.28. The van der Waals surface area contributed by atoms with Crippen LogP contribution in [-0.2, 0) is 4.79 Å². The van der Waals surface area contributed by atoms with E-state index in [1.807, 2.05) is 32.0 Å². The highest BCUT2D eigenvalue weighted by atomic mass is 16.5. The molecule has 1 amide bonds. The van der Waals surface area contributed by atoms with E-state index in [1.54, 1.807) is 0 Å². The van der Waals surface area contributed by atoms with Crippen LogP contribution < -0.4 is 15.4 Å². The van der Waals surface area contributed by atoms with E-state index in [4.69, 9.17) is 4.74 Å². The Morgan fingerprint density at radius 1 is 1.43 bits per heavy atom. The summed E-state index contributed by atoms with van der Waals surface area (Å²) in [5.74, 6) is 0.844. The molecule has 2 atom stereocenters. The summed E-state index contributed by atoms with van der Waals surface area (Å²) in [6, 6.07) is 5.75. The van der Waals surface area contributed by atoms with Gasteiger partial charge < -0.3 is 20.5 Å². The van der Waals surface area contributed by atoms with Crippen LogP contribution in [0.25, 0.3) is 0 Å². The summed E-state index contributed by atoms with van der Waals surface area (Å²) >= 11 is 0. The summed E-state index contributed by atoms with van der Waals surface area (Å²) < 4.78 is 5.71. The van der Waals surface area contributed by atoms with Gasteiger partial charge in [0.25, 0.3) is 0 Å². The Morgan fingerprint density at radius 2 is 2.14 bits per heavy atom. The number of rotatable bonds is 6. The Balaban J connectivity index is 1.77. The fraction of sp³-hybridized carbons (Fsp3) is 0.562. The number of aliphatic hydroxyl groups is 1. The Bertz CT molecular complexity index is 470. The molecule has 5 nitrogen and oxygen atoms in total. The van der Waals surface area contributed by atoms with Crippen molar-refractivity contribution >= 4 is 5.91 Å². The Labute approximate surface area is 125 Å². The lowest BCUT2D eigenvalue weighted by atomic mass is 10.1. The van der Waals surface area contributed by atoms with Gasteiger partial charge in [-0.25, -0.2) is 0 Å². The molecule has 1 aliphatic rings. The molecule has 0 radical (unpaired) electrons. The average molecular weight is 292 g/mol. The van der Waals surface area contributed by atoms with Crippen LogP contribution in [0.1, 0.15) is 24.0 Å². The smallest absolute Gasteiger partial charge is 0.237 e. The number of ether oxygens (including phenoxy) is 1. The molecule has 1 fully saturated rings. The van der Waals surface area contributed by atoms with E-state index in [-0.39, 0.29) is 18.6 Å². The Morgan fingerprint density at radius 3 is 2.81 bits per heavy atom. The zero-order valence-corrected chi connectivity index (χ0v) is 12.7. The highest BCUT2D eigenvalue weighted by Crippen LogP contribution is 2.22. The molecule has 21 heavy (non-hydrogen) atoms. The lowest BCUT2D eigenvalue weighted by Gasteiger charge is -2.24. The Hall–Kier alpha value is -1.59. The van der Waals surface area contributed by atoms with Gasteiger partial charge in [0.05, 0.1) is 6.04 Å². The van der Waals surface area contributed by atoms with Gasteiger partial charge in [-0.1, -0.05) is 18.2 Å². The van der Waals surface area contributed by atoms with E-state index in [0.29, 0.717) is 6.54 Å². The summed E-state index contributed by atoms with van der Waals surface area (Å²) in [7, 11) is 0. The molecule has 1 aromatic carbocycles. The number of carbonyl (C=O) groups excluding carboxylic acids is 1. The number of carbonyl (C=O) groups is 1. The molecule has 2 rings (SSSR count). The van der Waals surface area contributed by atoms with Gasteiger partial charge in [0.1, 0.15) is 18.5 Å². The van der Waals surface area contributed by atoms with Crippen LogP contribution in [0.3, 0.4) is 0 Å². The van der Waals surface area contributed by atoms with Gasteiger partial charge >= 0.3 is 0 Å². The van der Waals surface area contributed by atoms with E-state index < -0.39 is 6.10 Å². The van der Waals surface area contributed by atoms with Crippen molar-refractivity contribution in [3.63, 3.8) is 0 Å². The third kappa shape index (κ3) is 4.44. The van der Waals surface area contributed by atoms with Gasteiger partial charge in [-0.15, -0.1) is 0 Å². The molecule has 2 unspecified atom stereocenters. The molecular weight excluding hydrogens is 268 g/mol. The first-order chi connectivity index (χ1) is 10.1. The molecule has 1 aliphatic heterocycles. The number of nitrogens with one attached hydrogen (secondary N) is 2. The summed E-state index contributed by atoms with van der Waals surface area (Å²) in [5.41, 5.74) is 2.11. The summed E-state index contributed by atoms with van der Waals surface area (Å²) in [6.07, 6.45) is 1.15. The molecule has 5 heteroatoms. The lowest BCUT2D eigenvalue weighted by molar-refractivity contribution is -0.124. The zero-order valence-electron chi connectivity index (χ0n) is 12.7. The van der Waals surface area contributed by atoms with Crippen molar-refractivity contribution < 1.29 is 14.6 Å². The summed E-state index contributed by atoms with van der Waals surface area (Å²) in [5, 5.41) is 15.9. The van der Waals surface area contributed by atoms with Gasteiger partial charge in [0.15, 0.2) is 0 Å². The number of aliphatic hydroxyl groups excluding tert-OH is 1. The minimum atomic E-state index is -0.640. The number of hydrogen-bond acceptors (Lipinski definition) is 4. The van der Waals surface area contributed by atoms with Gasteiger partial charge in [-0.2, -0.15) is 0 Å². The standard InChI is InChI=1S/C16H24N2O3/c1-11-5-3-6-12(2)15(11)21-10-13(19)9-18-14-7-4-8-17-16(14)20/h3,5-6,13-14,18-19H,4,7-10H2,1-2H3,(H,17,20). The first-order valence-corrected chi connectivity index (χ1v) is 7.46. The van der Waals surface area contributed by atoms with Crippen LogP contribution in [0.4, 0.5) is 0 Å². The molecule has 116 valence electrons. The highest BCUT2D eigenvalue weighted by Gasteiger charge is 2.22. The van der Waals surface area contributed by atoms with Gasteiger partial charge in [-0.3, -0.25) is 4.79 Å². The molecule has 0 aromatic heterocycles. The molecular formula is C16H24N2O3. The molecule has 0 spiro atoms. The van der Waals surface area contributed by atoms with Crippen LogP contribution in [0.2, 0.25) is 0 Å². The first kappa shape index (κ1) is 15.8. The fourth-order valence-electron chi connectivity index (χ4n) is 2.51. The maximum atomic E-state index is 11.6. The second-order valence-electron chi connectivity index (χ2n) is 5.58. The highest BCUT2D eigenvalue weighted by molar-refractivity contribution is 5.82. The SMILES string of the molecule is Cc1cccc(C)c1OCC(O)CNC1CCCNC1=O. The van der Waals surface area contributed by atoms with E-state index in [9.17, 15) is 9.90 Å². The molecule has 3 N–H and O–H groups in total. The van der Waals surface area contributed by atoms with E-state index in [1.165, 1.54) is 0 Å². The molecule has 1 aromatic rings. The van der Waals surface area contributed by atoms with E-state index in [2.05, 4.69) is 10.6 Å². The van der Waals surface area contributed by atoms with Crippen LogP contribution in [0.15, 0.2) is 18.2 Å². The third-order valence-electron chi connectivity index (χ3n) is 3.71. The number of benzene rings is 1. The zero-order chi connectivity index (χ0) is 15.2. The van der Waals surface area contributed by atoms with Crippen molar-refractivity contribution in [1.29, 1.82) is 0 Å². The summed E-state index contributed by atoms with van der Waals surface area (Å²) in [4.78, 5) is 11.6. The minimum Gasteiger partial charge on any atom is -0.490 e. The van der Waals surface area contributed by atoms with Crippen molar-refractivity contribution in [3.05, 3.63) is 29.3 Å². The number of para-hydroxylation sites is 1. The van der Waals surface area contributed by atoms with Crippen molar-refractivity contribution in [2.45, 2.75) is 38.8 Å². The van der Waals surface area contributed by atoms with Crippen LogP contribution >= 0.6 is 0 Å². The number of piperidine rings is 1. The van der Waals surface area contributed by atoms with E-state index >= 15 is 0 Å². The van der Waals surface area contributed by atoms with Crippen LogP contribution in [-0.4, -0.2) is 42.9 Å². The van der Waals surface area contributed by atoms with Crippen LogP contribution in [0, 0.1) is 13.8 Å². The van der Waals surface area contributed by atoms with E-state index in [0.717, 1.165) is 36.3 Å². The predicted molar refractivity (Wildman–Crippen MR) is 81.5 cm³/mol. The molecule has 0 aliphatic carbocycles. The second kappa shape index (κ2) is 7.43. The quantitative estimate of drug-likeness (QED) is 0.729. The maximum Gasteiger partial charge on any atom is 0.237 e. The van der Waals surface area contributed by atoms with Crippen molar-refractivity contribution in [3.8, 4) is 5.75 Å². The fourth-order valence-corrected chi connectivity index (χ4v) is 2.51. The maximum absolute atomic E-state index is 11.6. The topological polar surface area (TPSA) is 70.6 Å². The monoisotopic (exact) mass is 292 g/mol. The van der Waals surface area contributed by atoms with Gasteiger partial charge in [-0.05, 0) is 37.8 Å². The lowest BCUT2D eigenvalue weighted by Crippen LogP contribution is -2.50. The van der Waals surface area contributed by atoms with Crippen LogP contribution in [0.5, 0.6) is 5.75 Å². The number of amides is 1. The molecule has 1 saturated heterocycles. The van der Waals surface area contributed by atoms with Crippen molar-refractivity contribution in [2.24, 2.45) is 0 Å². The largest absolute Gasteiger partial charge is 0.490 e. The minimum absolute atomic E-state index is 0.0177. The van der Waals surface area contributed by atoms with Crippen molar-refractivity contribution in [1.82, 2.24) is 10.6 Å². The van der Waals surface area contributed by atoms with Crippen molar-refractivity contribution in [2.75, 3.05) is 19.7 Å². The Kier molecular flexibility index (Phi) is 5.59. The normalized spacial score (nSPS) is 20.0.